The first-order chi connectivity index (χ1) is 9.66. The number of benzene rings is 2. The maximum atomic E-state index is 13.8. The molecule has 3 aromatic rings. The number of anilines is 1. The van der Waals surface area contributed by atoms with Crippen LogP contribution in [0.5, 0.6) is 0 Å². The summed E-state index contributed by atoms with van der Waals surface area (Å²) in [5, 5.41) is 8.74. The van der Waals surface area contributed by atoms with Gasteiger partial charge in [0.05, 0.1) is 23.4 Å². The van der Waals surface area contributed by atoms with E-state index in [1.807, 2.05) is 49.0 Å². The summed E-state index contributed by atoms with van der Waals surface area (Å²) in [5.41, 5.74) is 3.44. The van der Waals surface area contributed by atoms with Crippen molar-refractivity contribution in [1.29, 1.82) is 0 Å². The van der Waals surface area contributed by atoms with Crippen molar-refractivity contribution in [2.45, 2.75) is 13.5 Å². The minimum Gasteiger partial charge on any atom is -0.377 e. The molecule has 0 amide bonds. The zero-order valence-corrected chi connectivity index (χ0v) is 11.5. The van der Waals surface area contributed by atoms with Crippen LogP contribution in [-0.2, 0) is 13.6 Å². The number of nitrogens with zero attached hydrogens (tertiary/aromatic N) is 2. The number of halogens is 1. The van der Waals surface area contributed by atoms with Crippen LogP contribution in [0.1, 0.15) is 11.3 Å². The van der Waals surface area contributed by atoms with E-state index in [1.54, 1.807) is 6.07 Å². The molecule has 0 saturated carbocycles. The van der Waals surface area contributed by atoms with Gasteiger partial charge in [0.1, 0.15) is 5.82 Å². The Bertz CT molecular complexity index is 741. The molecule has 102 valence electrons. The Morgan fingerprint density at radius 3 is 2.75 bits per heavy atom. The molecule has 0 aliphatic carbocycles. The first kappa shape index (κ1) is 12.7. The van der Waals surface area contributed by atoms with E-state index < -0.39 is 0 Å². The smallest absolute Gasteiger partial charge is 0.146 e. The summed E-state index contributed by atoms with van der Waals surface area (Å²) < 4.78 is 15.6. The molecule has 0 saturated heterocycles. The zero-order valence-electron chi connectivity index (χ0n) is 11.5. The molecule has 0 aliphatic heterocycles. The van der Waals surface area contributed by atoms with Crippen LogP contribution < -0.4 is 5.32 Å². The maximum absolute atomic E-state index is 13.8. The van der Waals surface area contributed by atoms with Crippen molar-refractivity contribution in [3.63, 3.8) is 0 Å². The lowest BCUT2D eigenvalue weighted by Gasteiger charge is -2.09. The fourth-order valence-electron chi connectivity index (χ4n) is 2.45. The Morgan fingerprint density at radius 2 is 1.95 bits per heavy atom. The third kappa shape index (κ3) is 2.13. The molecule has 0 atom stereocenters. The summed E-state index contributed by atoms with van der Waals surface area (Å²) in [6, 6.07) is 13.1. The van der Waals surface area contributed by atoms with E-state index in [1.165, 1.54) is 6.07 Å². The van der Waals surface area contributed by atoms with Crippen LogP contribution in [0.25, 0.3) is 10.9 Å². The highest BCUT2D eigenvalue weighted by molar-refractivity contribution is 5.82. The molecule has 0 aliphatic rings. The molecule has 3 nitrogen and oxygen atoms in total. The standard InChI is InChI=1S/C16H16FN3/c1-11-6-5-8-13(17)16(11)18-10-14-12-7-3-4-9-15(12)20(2)19-14/h3-9,18H,10H2,1-2H3. The summed E-state index contributed by atoms with van der Waals surface area (Å²) in [4.78, 5) is 0. The third-order valence-electron chi connectivity index (χ3n) is 3.49. The number of aromatic nitrogens is 2. The highest BCUT2D eigenvalue weighted by Gasteiger charge is 2.09. The van der Waals surface area contributed by atoms with E-state index in [-0.39, 0.29) is 5.82 Å². The van der Waals surface area contributed by atoms with Crippen LogP contribution in [0, 0.1) is 12.7 Å². The molecule has 3 rings (SSSR count). The summed E-state index contributed by atoms with van der Waals surface area (Å²) >= 11 is 0. The van der Waals surface area contributed by atoms with Gasteiger partial charge in [-0.1, -0.05) is 30.3 Å². The second kappa shape index (κ2) is 4.96. The van der Waals surface area contributed by atoms with Crippen molar-refractivity contribution in [3.05, 3.63) is 59.5 Å². The van der Waals surface area contributed by atoms with Gasteiger partial charge in [0.25, 0.3) is 0 Å². The second-order valence-electron chi connectivity index (χ2n) is 4.87. The van der Waals surface area contributed by atoms with E-state index in [4.69, 9.17) is 0 Å². The van der Waals surface area contributed by atoms with Gasteiger partial charge < -0.3 is 5.32 Å². The number of rotatable bonds is 3. The maximum Gasteiger partial charge on any atom is 0.146 e. The zero-order chi connectivity index (χ0) is 14.1. The largest absolute Gasteiger partial charge is 0.377 e. The summed E-state index contributed by atoms with van der Waals surface area (Å²) in [6.45, 7) is 2.39. The first-order valence-electron chi connectivity index (χ1n) is 6.56. The number of nitrogens with one attached hydrogen (secondary N) is 1. The number of aryl methyl sites for hydroxylation is 2. The van der Waals surface area contributed by atoms with Gasteiger partial charge in [0.2, 0.25) is 0 Å². The third-order valence-corrected chi connectivity index (χ3v) is 3.49. The molecule has 0 spiro atoms. The second-order valence-corrected chi connectivity index (χ2v) is 4.87. The fraction of sp³-hybridized carbons (Fsp3) is 0.188. The van der Waals surface area contributed by atoms with Gasteiger partial charge >= 0.3 is 0 Å². The average Bonchev–Trinajstić information content (AvgIpc) is 2.76. The van der Waals surface area contributed by atoms with Crippen LogP contribution in [-0.4, -0.2) is 9.78 Å². The summed E-state index contributed by atoms with van der Waals surface area (Å²) in [7, 11) is 1.92. The molecule has 0 bridgehead atoms. The molecule has 0 unspecified atom stereocenters. The monoisotopic (exact) mass is 269 g/mol. The number of fused-ring (bicyclic) bond motifs is 1. The van der Waals surface area contributed by atoms with Gasteiger partial charge in [-0.05, 0) is 24.6 Å². The SMILES string of the molecule is Cc1cccc(F)c1NCc1nn(C)c2ccccc12. The highest BCUT2D eigenvalue weighted by Crippen LogP contribution is 2.22. The molecule has 0 fully saturated rings. The normalized spacial score (nSPS) is 10.9. The van der Waals surface area contributed by atoms with Gasteiger partial charge in [-0.25, -0.2) is 4.39 Å². The van der Waals surface area contributed by atoms with Crippen molar-refractivity contribution < 1.29 is 4.39 Å². The van der Waals surface area contributed by atoms with E-state index in [0.717, 1.165) is 22.2 Å². The van der Waals surface area contributed by atoms with Crippen molar-refractivity contribution >= 4 is 16.6 Å². The van der Waals surface area contributed by atoms with Crippen LogP contribution in [0.4, 0.5) is 10.1 Å². The van der Waals surface area contributed by atoms with Crippen LogP contribution in [0.15, 0.2) is 42.5 Å². The lowest BCUT2D eigenvalue weighted by atomic mass is 10.1. The fourth-order valence-corrected chi connectivity index (χ4v) is 2.45. The van der Waals surface area contributed by atoms with Crippen LogP contribution in [0.2, 0.25) is 0 Å². The summed E-state index contributed by atoms with van der Waals surface area (Å²) in [5.74, 6) is -0.231. The Kier molecular flexibility index (Phi) is 3.14. The van der Waals surface area contributed by atoms with Crippen LogP contribution >= 0.6 is 0 Å². The quantitative estimate of drug-likeness (QED) is 0.786. The Labute approximate surface area is 117 Å². The van der Waals surface area contributed by atoms with Crippen molar-refractivity contribution in [2.24, 2.45) is 7.05 Å². The van der Waals surface area contributed by atoms with E-state index >= 15 is 0 Å². The predicted octanol–water partition coefficient (Wildman–Crippen LogP) is 3.63. The van der Waals surface area contributed by atoms with E-state index in [9.17, 15) is 4.39 Å². The Balaban J connectivity index is 1.91. The minimum atomic E-state index is -0.231. The van der Waals surface area contributed by atoms with Crippen LogP contribution in [0.3, 0.4) is 0 Å². The summed E-state index contributed by atoms with van der Waals surface area (Å²) in [6.07, 6.45) is 0. The minimum absolute atomic E-state index is 0.231. The van der Waals surface area contributed by atoms with E-state index in [0.29, 0.717) is 12.2 Å². The topological polar surface area (TPSA) is 29.9 Å². The molecule has 1 N–H and O–H groups in total. The molecule has 0 radical (unpaired) electrons. The predicted molar refractivity (Wildman–Crippen MR) is 79.2 cm³/mol. The molecular formula is C16H16FN3. The van der Waals surface area contributed by atoms with Gasteiger partial charge in [-0.2, -0.15) is 5.10 Å². The number of hydrogen-bond donors (Lipinski definition) is 1. The number of hydrogen-bond acceptors (Lipinski definition) is 2. The van der Waals surface area contributed by atoms with Crippen molar-refractivity contribution in [3.8, 4) is 0 Å². The molecule has 2 aromatic carbocycles. The number of para-hydroxylation sites is 2. The van der Waals surface area contributed by atoms with Gasteiger partial charge in [0, 0.05) is 12.4 Å². The Morgan fingerprint density at radius 1 is 1.15 bits per heavy atom. The van der Waals surface area contributed by atoms with E-state index in [2.05, 4.69) is 10.4 Å². The lowest BCUT2D eigenvalue weighted by Crippen LogP contribution is -2.04. The molecular weight excluding hydrogens is 253 g/mol. The highest BCUT2D eigenvalue weighted by atomic mass is 19.1. The lowest BCUT2D eigenvalue weighted by molar-refractivity contribution is 0.628. The van der Waals surface area contributed by atoms with Gasteiger partial charge in [0.15, 0.2) is 0 Å². The van der Waals surface area contributed by atoms with Gasteiger partial charge in [-0.15, -0.1) is 0 Å². The average molecular weight is 269 g/mol. The molecule has 1 heterocycles. The van der Waals surface area contributed by atoms with Crippen molar-refractivity contribution in [2.75, 3.05) is 5.32 Å². The molecule has 20 heavy (non-hydrogen) atoms. The Hall–Kier alpha value is -2.36. The van der Waals surface area contributed by atoms with Crippen molar-refractivity contribution in [1.82, 2.24) is 9.78 Å². The molecule has 4 heteroatoms. The molecule has 1 aromatic heterocycles. The van der Waals surface area contributed by atoms with Gasteiger partial charge in [-0.3, -0.25) is 4.68 Å². The first-order valence-corrected chi connectivity index (χ1v) is 6.56.